The highest BCUT2D eigenvalue weighted by Gasteiger charge is 2.42. The van der Waals surface area contributed by atoms with Gasteiger partial charge in [-0.05, 0) is 49.7 Å². The number of pyridine rings is 1. The topological polar surface area (TPSA) is 80.3 Å². The van der Waals surface area contributed by atoms with Crippen LogP contribution in [-0.4, -0.2) is 30.1 Å². The summed E-state index contributed by atoms with van der Waals surface area (Å²) < 4.78 is 59.0. The van der Waals surface area contributed by atoms with Gasteiger partial charge in [0.05, 0.1) is 29.8 Å². The third-order valence-corrected chi connectivity index (χ3v) is 4.49. The first kappa shape index (κ1) is 24.4. The number of benzene rings is 1. The van der Waals surface area contributed by atoms with Gasteiger partial charge in [0.2, 0.25) is 0 Å². The quantitative estimate of drug-likeness (QED) is 0.493. The summed E-state index contributed by atoms with van der Waals surface area (Å²) in [5.41, 5.74) is -3.67. The van der Waals surface area contributed by atoms with E-state index in [1.165, 1.54) is 18.3 Å². The monoisotopic (exact) mass is 461 g/mol. The van der Waals surface area contributed by atoms with Crippen molar-refractivity contribution in [3.63, 3.8) is 0 Å². The van der Waals surface area contributed by atoms with Crippen LogP contribution in [0.1, 0.15) is 37.1 Å². The minimum Gasteiger partial charge on any atom is -0.469 e. The number of hydrogen-bond acceptors (Lipinski definition) is 4. The van der Waals surface area contributed by atoms with Crippen molar-refractivity contribution in [1.82, 2.24) is 15.6 Å². The van der Waals surface area contributed by atoms with Gasteiger partial charge >= 0.3 is 18.2 Å². The fourth-order valence-electron chi connectivity index (χ4n) is 2.93. The first-order chi connectivity index (χ1) is 14.4. The zero-order chi connectivity index (χ0) is 23.4. The van der Waals surface area contributed by atoms with Crippen LogP contribution in [-0.2, 0) is 21.2 Å². The van der Waals surface area contributed by atoms with Crippen LogP contribution in [0.3, 0.4) is 0 Å². The molecule has 0 saturated heterocycles. The van der Waals surface area contributed by atoms with Crippen molar-refractivity contribution < 1.29 is 31.9 Å². The lowest BCUT2D eigenvalue weighted by Crippen LogP contribution is -2.53. The third-order valence-electron chi connectivity index (χ3n) is 4.27. The summed E-state index contributed by atoms with van der Waals surface area (Å²) in [7, 11) is 1.07. The number of aromatic nitrogens is 1. The molecule has 11 heteroatoms. The van der Waals surface area contributed by atoms with Gasteiger partial charge in [-0.15, -0.1) is 0 Å². The van der Waals surface area contributed by atoms with Crippen molar-refractivity contribution >= 4 is 23.6 Å². The molecule has 1 aromatic heterocycles. The molecule has 2 aromatic rings. The molecule has 0 aliphatic carbocycles. The van der Waals surface area contributed by atoms with Crippen molar-refractivity contribution in [3.05, 3.63) is 64.2 Å². The van der Waals surface area contributed by atoms with E-state index >= 15 is 0 Å². The molecule has 0 aliphatic heterocycles. The Hall–Kier alpha value is -2.88. The summed E-state index contributed by atoms with van der Waals surface area (Å²) in [6, 6.07) is 3.31. The average molecular weight is 462 g/mol. The van der Waals surface area contributed by atoms with E-state index < -0.39 is 41.5 Å². The van der Waals surface area contributed by atoms with Crippen LogP contribution in [0.2, 0.25) is 5.02 Å². The first-order valence-electron chi connectivity index (χ1n) is 9.03. The van der Waals surface area contributed by atoms with E-state index in [1.807, 2.05) is 0 Å². The van der Waals surface area contributed by atoms with E-state index in [0.717, 1.165) is 13.2 Å². The smallest absolute Gasteiger partial charge is 0.416 e. The first-order valence-corrected chi connectivity index (χ1v) is 9.41. The summed E-state index contributed by atoms with van der Waals surface area (Å²) in [5, 5.41) is 5.23. The standard InChI is InChI=1S/C20H20ClF4N3O3/c1-11(2)27-18(30)28-19(9-17(29)31-3,16-5-4-14(21)10-26-16)12-6-13(20(23,24)25)8-15(22)7-12/h4-8,10-11H,9H2,1-3H3,(H2,27,28,30)/t19-/m0/s1. The zero-order valence-corrected chi connectivity index (χ0v) is 17.6. The normalized spacial score (nSPS) is 13.5. The van der Waals surface area contributed by atoms with Crippen molar-refractivity contribution in [1.29, 1.82) is 0 Å². The highest BCUT2D eigenvalue weighted by Crippen LogP contribution is 2.37. The number of carbonyl (C=O) groups excluding carboxylic acids is 2. The summed E-state index contributed by atoms with van der Waals surface area (Å²) in [6.45, 7) is 3.32. The van der Waals surface area contributed by atoms with E-state index in [2.05, 4.69) is 20.4 Å². The number of esters is 1. The van der Waals surface area contributed by atoms with E-state index in [9.17, 15) is 27.2 Å². The second-order valence-electron chi connectivity index (χ2n) is 7.00. The van der Waals surface area contributed by atoms with E-state index in [1.54, 1.807) is 13.8 Å². The van der Waals surface area contributed by atoms with Gasteiger partial charge in [0.25, 0.3) is 0 Å². The molecule has 0 unspecified atom stereocenters. The molecule has 168 valence electrons. The Balaban J connectivity index is 2.80. The number of nitrogens with one attached hydrogen (secondary N) is 2. The van der Waals surface area contributed by atoms with Crippen molar-refractivity contribution in [2.24, 2.45) is 0 Å². The molecule has 6 nitrogen and oxygen atoms in total. The summed E-state index contributed by atoms with van der Waals surface area (Å²) >= 11 is 5.86. The molecule has 0 aliphatic rings. The molecule has 2 amide bonds. The number of hydrogen-bond donors (Lipinski definition) is 2. The minimum absolute atomic E-state index is 0.0417. The lowest BCUT2D eigenvalue weighted by molar-refractivity contribution is -0.142. The molecule has 0 bridgehead atoms. The predicted molar refractivity (Wildman–Crippen MR) is 105 cm³/mol. The summed E-state index contributed by atoms with van der Waals surface area (Å²) in [6.07, 6.45) is -4.35. The number of methoxy groups -OCH3 is 1. The van der Waals surface area contributed by atoms with Crippen LogP contribution < -0.4 is 10.6 Å². The minimum atomic E-state index is -4.87. The van der Waals surface area contributed by atoms with E-state index in [0.29, 0.717) is 12.1 Å². The molecule has 1 atom stereocenters. The maximum absolute atomic E-state index is 14.2. The lowest BCUT2D eigenvalue weighted by Gasteiger charge is -2.35. The Kier molecular flexibility index (Phi) is 7.48. The van der Waals surface area contributed by atoms with Crippen LogP contribution in [0.25, 0.3) is 0 Å². The van der Waals surface area contributed by atoms with Crippen LogP contribution in [0.15, 0.2) is 36.5 Å². The van der Waals surface area contributed by atoms with Gasteiger partial charge in [0, 0.05) is 12.2 Å². The Morgan fingerprint density at radius 2 is 1.81 bits per heavy atom. The van der Waals surface area contributed by atoms with Crippen LogP contribution in [0.4, 0.5) is 22.4 Å². The van der Waals surface area contributed by atoms with Crippen molar-refractivity contribution in [2.75, 3.05) is 7.11 Å². The Morgan fingerprint density at radius 1 is 1.16 bits per heavy atom. The maximum Gasteiger partial charge on any atom is 0.416 e. The van der Waals surface area contributed by atoms with Crippen LogP contribution >= 0.6 is 11.6 Å². The second kappa shape index (κ2) is 9.51. The predicted octanol–water partition coefficient (Wildman–Crippen LogP) is 4.41. The number of nitrogens with zero attached hydrogens (tertiary/aromatic N) is 1. The number of ether oxygens (including phenoxy) is 1. The van der Waals surface area contributed by atoms with Gasteiger partial charge in [0.15, 0.2) is 0 Å². The highest BCUT2D eigenvalue weighted by molar-refractivity contribution is 6.30. The Morgan fingerprint density at radius 3 is 2.32 bits per heavy atom. The van der Waals surface area contributed by atoms with E-state index in [-0.39, 0.29) is 22.3 Å². The number of halogens is 5. The summed E-state index contributed by atoms with van der Waals surface area (Å²) in [5.74, 6) is -2.08. The molecule has 2 N–H and O–H groups in total. The molecule has 31 heavy (non-hydrogen) atoms. The largest absolute Gasteiger partial charge is 0.469 e. The van der Waals surface area contributed by atoms with Gasteiger partial charge in [-0.25, -0.2) is 9.18 Å². The van der Waals surface area contributed by atoms with Gasteiger partial charge in [-0.3, -0.25) is 9.78 Å². The molecular formula is C20H20ClF4N3O3. The highest BCUT2D eigenvalue weighted by atomic mass is 35.5. The van der Waals surface area contributed by atoms with Crippen LogP contribution in [0.5, 0.6) is 0 Å². The third kappa shape index (κ3) is 6.06. The molecule has 2 rings (SSSR count). The number of urea groups is 1. The summed E-state index contributed by atoms with van der Waals surface area (Å²) in [4.78, 5) is 28.9. The van der Waals surface area contributed by atoms with Gasteiger partial charge in [-0.2, -0.15) is 13.2 Å². The van der Waals surface area contributed by atoms with Crippen LogP contribution in [0, 0.1) is 5.82 Å². The fraction of sp³-hybridized carbons (Fsp3) is 0.350. The lowest BCUT2D eigenvalue weighted by atomic mass is 9.82. The number of alkyl halides is 3. The van der Waals surface area contributed by atoms with Gasteiger partial charge in [-0.1, -0.05) is 11.6 Å². The average Bonchev–Trinajstić information content (AvgIpc) is 2.66. The molecule has 0 radical (unpaired) electrons. The second-order valence-corrected chi connectivity index (χ2v) is 7.44. The zero-order valence-electron chi connectivity index (χ0n) is 16.8. The molecule has 1 aromatic carbocycles. The Bertz CT molecular complexity index is 952. The molecule has 0 saturated carbocycles. The number of carbonyl (C=O) groups is 2. The van der Waals surface area contributed by atoms with Crippen molar-refractivity contribution in [2.45, 2.75) is 38.0 Å². The van der Waals surface area contributed by atoms with Crippen molar-refractivity contribution in [3.8, 4) is 0 Å². The number of amides is 2. The molecule has 0 spiro atoms. The van der Waals surface area contributed by atoms with E-state index in [4.69, 9.17) is 11.6 Å². The Labute approximate surface area is 180 Å². The van der Waals surface area contributed by atoms with Gasteiger partial charge < -0.3 is 15.4 Å². The maximum atomic E-state index is 14.2. The molecule has 0 fully saturated rings. The van der Waals surface area contributed by atoms with Gasteiger partial charge in [0.1, 0.15) is 11.4 Å². The molecule has 1 heterocycles. The fourth-order valence-corrected chi connectivity index (χ4v) is 3.04. The molecular weight excluding hydrogens is 442 g/mol. The number of rotatable bonds is 6. The SMILES string of the molecule is COC(=O)C[C@](NC(=O)NC(C)C)(c1cc(F)cc(C(F)(F)F)c1)c1ccc(Cl)cn1.